The largest absolute Gasteiger partial charge is 0.444 e. The first-order valence-electron chi connectivity index (χ1n) is 8.72. The summed E-state index contributed by atoms with van der Waals surface area (Å²) in [5.41, 5.74) is 9.55. The van der Waals surface area contributed by atoms with Gasteiger partial charge in [0.2, 0.25) is 5.91 Å². The molecule has 0 spiro atoms. The summed E-state index contributed by atoms with van der Waals surface area (Å²) in [7, 11) is 0. The lowest BCUT2D eigenvalue weighted by Crippen LogP contribution is -2.48. The van der Waals surface area contributed by atoms with Gasteiger partial charge < -0.3 is 25.8 Å². The van der Waals surface area contributed by atoms with Crippen LogP contribution < -0.4 is 11.5 Å². The van der Waals surface area contributed by atoms with E-state index in [9.17, 15) is 14.4 Å². The van der Waals surface area contributed by atoms with Crippen LogP contribution in [-0.4, -0.2) is 71.8 Å². The fourth-order valence-corrected chi connectivity index (χ4v) is 1.89. The van der Waals surface area contributed by atoms with Crippen molar-refractivity contribution in [1.82, 2.24) is 9.80 Å². The first-order chi connectivity index (χ1) is 11.8. The quantitative estimate of drug-likeness (QED) is 0.687. The molecule has 152 valence electrons. The molecule has 3 amide bonds. The topological polar surface area (TPSA) is 128 Å². The highest BCUT2D eigenvalue weighted by molar-refractivity contribution is 5.92. The normalized spacial score (nSPS) is 11.7. The number of rotatable bonds is 7. The lowest BCUT2D eigenvalue weighted by atomic mass is 10.2. The second-order valence-electron chi connectivity index (χ2n) is 7.82. The zero-order valence-corrected chi connectivity index (χ0v) is 16.8. The van der Waals surface area contributed by atoms with E-state index in [1.807, 2.05) is 0 Å². The standard InChI is InChI=1S/C17H34N4O5/c1-16(2,3)25-14(23)20(10-9-19)11-12-21(13(22)7-8-18)15(24)26-17(4,5)6/h7-12,18-19H2,1-6H3. The molecule has 0 aliphatic heterocycles. The first kappa shape index (κ1) is 24.1. The lowest BCUT2D eigenvalue weighted by molar-refractivity contribution is -0.130. The Morgan fingerprint density at radius 2 is 1.27 bits per heavy atom. The monoisotopic (exact) mass is 374 g/mol. The molecule has 9 nitrogen and oxygen atoms in total. The van der Waals surface area contributed by atoms with Gasteiger partial charge in [0.1, 0.15) is 11.2 Å². The molecule has 0 rings (SSSR count). The highest BCUT2D eigenvalue weighted by Crippen LogP contribution is 2.12. The molecule has 0 fully saturated rings. The summed E-state index contributed by atoms with van der Waals surface area (Å²) in [5, 5.41) is 0. The van der Waals surface area contributed by atoms with E-state index in [1.54, 1.807) is 41.5 Å². The summed E-state index contributed by atoms with van der Waals surface area (Å²) in [6, 6.07) is 0. The number of carbonyl (C=O) groups is 3. The summed E-state index contributed by atoms with van der Waals surface area (Å²) in [6.07, 6.45) is -1.33. The average Bonchev–Trinajstić information content (AvgIpc) is 2.42. The van der Waals surface area contributed by atoms with Gasteiger partial charge in [-0.3, -0.25) is 4.79 Å². The van der Waals surface area contributed by atoms with Crippen LogP contribution in [0.2, 0.25) is 0 Å². The van der Waals surface area contributed by atoms with Crippen LogP contribution in [0.1, 0.15) is 48.0 Å². The van der Waals surface area contributed by atoms with Crippen LogP contribution in [0, 0.1) is 0 Å². The Hall–Kier alpha value is -1.87. The van der Waals surface area contributed by atoms with Crippen LogP contribution in [0.4, 0.5) is 9.59 Å². The number of amides is 3. The molecule has 9 heteroatoms. The number of ether oxygens (including phenoxy) is 2. The summed E-state index contributed by atoms with van der Waals surface area (Å²) in [4.78, 5) is 39.1. The van der Waals surface area contributed by atoms with Crippen LogP contribution in [0.25, 0.3) is 0 Å². The van der Waals surface area contributed by atoms with Gasteiger partial charge in [-0.2, -0.15) is 0 Å². The number of hydrogen-bond donors (Lipinski definition) is 2. The van der Waals surface area contributed by atoms with Crippen LogP contribution >= 0.6 is 0 Å². The second kappa shape index (κ2) is 10.3. The lowest BCUT2D eigenvalue weighted by Gasteiger charge is -2.30. The van der Waals surface area contributed by atoms with E-state index in [0.717, 1.165) is 4.90 Å². The van der Waals surface area contributed by atoms with E-state index in [0.29, 0.717) is 0 Å². The van der Waals surface area contributed by atoms with Crippen molar-refractivity contribution in [3.05, 3.63) is 0 Å². The van der Waals surface area contributed by atoms with Crippen LogP contribution in [0.5, 0.6) is 0 Å². The maximum Gasteiger partial charge on any atom is 0.417 e. The fraction of sp³-hybridized carbons (Fsp3) is 0.824. The molecular weight excluding hydrogens is 340 g/mol. The molecule has 0 unspecified atom stereocenters. The smallest absolute Gasteiger partial charge is 0.417 e. The predicted octanol–water partition coefficient (Wildman–Crippen LogP) is 1.29. The summed E-state index contributed by atoms with van der Waals surface area (Å²) in [6.45, 7) is 11.0. The maximum absolute atomic E-state index is 12.3. The molecule has 26 heavy (non-hydrogen) atoms. The van der Waals surface area contributed by atoms with Crippen molar-refractivity contribution in [2.75, 3.05) is 32.7 Å². The molecule has 0 heterocycles. The third kappa shape index (κ3) is 10.2. The molecular formula is C17H34N4O5. The molecule has 0 aromatic heterocycles. The Bertz CT molecular complexity index is 483. The van der Waals surface area contributed by atoms with Gasteiger partial charge in [-0.05, 0) is 41.5 Å². The van der Waals surface area contributed by atoms with E-state index in [1.165, 1.54) is 4.90 Å². The first-order valence-corrected chi connectivity index (χ1v) is 8.72. The molecule has 0 aromatic rings. The SMILES string of the molecule is CC(C)(C)OC(=O)N(CCN)CCN(C(=O)CCN)C(=O)OC(C)(C)C. The second-order valence-corrected chi connectivity index (χ2v) is 7.82. The van der Waals surface area contributed by atoms with Gasteiger partial charge >= 0.3 is 12.2 Å². The van der Waals surface area contributed by atoms with Crippen LogP contribution in [-0.2, 0) is 14.3 Å². The van der Waals surface area contributed by atoms with Crippen molar-refractivity contribution < 1.29 is 23.9 Å². The summed E-state index contributed by atoms with van der Waals surface area (Å²) >= 11 is 0. The zero-order chi connectivity index (χ0) is 20.5. The molecule has 0 aromatic carbocycles. The van der Waals surface area contributed by atoms with Crippen molar-refractivity contribution in [2.45, 2.75) is 59.2 Å². The third-order valence-corrected chi connectivity index (χ3v) is 2.92. The van der Waals surface area contributed by atoms with Gasteiger partial charge in [0.05, 0.1) is 0 Å². The number of nitrogens with zero attached hydrogens (tertiary/aromatic N) is 2. The Morgan fingerprint density at radius 1 is 0.769 bits per heavy atom. The van der Waals surface area contributed by atoms with E-state index in [2.05, 4.69) is 0 Å². The van der Waals surface area contributed by atoms with E-state index >= 15 is 0 Å². The van der Waals surface area contributed by atoms with E-state index < -0.39 is 29.3 Å². The molecule has 0 bridgehead atoms. The van der Waals surface area contributed by atoms with Gasteiger partial charge in [0.15, 0.2) is 0 Å². The zero-order valence-electron chi connectivity index (χ0n) is 16.8. The number of hydrogen-bond acceptors (Lipinski definition) is 7. The van der Waals surface area contributed by atoms with Crippen molar-refractivity contribution >= 4 is 18.1 Å². The molecule has 0 atom stereocenters. The van der Waals surface area contributed by atoms with Gasteiger partial charge in [0.25, 0.3) is 0 Å². The van der Waals surface area contributed by atoms with Crippen molar-refractivity contribution in [3.63, 3.8) is 0 Å². The minimum Gasteiger partial charge on any atom is -0.444 e. The van der Waals surface area contributed by atoms with Gasteiger partial charge in [-0.25, -0.2) is 14.5 Å². The third-order valence-electron chi connectivity index (χ3n) is 2.92. The minimum absolute atomic E-state index is 0.00255. The van der Waals surface area contributed by atoms with Crippen molar-refractivity contribution in [3.8, 4) is 0 Å². The molecule has 0 saturated heterocycles. The van der Waals surface area contributed by atoms with Gasteiger partial charge in [-0.1, -0.05) is 0 Å². The molecule has 0 saturated carbocycles. The van der Waals surface area contributed by atoms with Crippen LogP contribution in [0.3, 0.4) is 0 Å². The molecule has 0 aliphatic rings. The number of carbonyl (C=O) groups excluding carboxylic acids is 3. The fourth-order valence-electron chi connectivity index (χ4n) is 1.89. The van der Waals surface area contributed by atoms with Crippen molar-refractivity contribution in [2.24, 2.45) is 11.5 Å². The average molecular weight is 374 g/mol. The molecule has 4 N–H and O–H groups in total. The highest BCUT2D eigenvalue weighted by atomic mass is 16.6. The Labute approximate surface area is 155 Å². The number of imide groups is 1. The Morgan fingerprint density at radius 3 is 1.69 bits per heavy atom. The van der Waals surface area contributed by atoms with Gasteiger partial charge in [-0.15, -0.1) is 0 Å². The highest BCUT2D eigenvalue weighted by Gasteiger charge is 2.28. The maximum atomic E-state index is 12.3. The van der Waals surface area contributed by atoms with E-state index in [-0.39, 0.29) is 39.1 Å². The molecule has 0 radical (unpaired) electrons. The Balaban J connectivity index is 5.13. The van der Waals surface area contributed by atoms with Crippen molar-refractivity contribution in [1.29, 1.82) is 0 Å². The van der Waals surface area contributed by atoms with Crippen LogP contribution in [0.15, 0.2) is 0 Å². The van der Waals surface area contributed by atoms with E-state index in [4.69, 9.17) is 20.9 Å². The molecule has 0 aliphatic carbocycles. The predicted molar refractivity (Wildman–Crippen MR) is 98.5 cm³/mol. The summed E-state index contributed by atoms with van der Waals surface area (Å²) in [5.74, 6) is -0.460. The minimum atomic E-state index is -0.771. The summed E-state index contributed by atoms with van der Waals surface area (Å²) < 4.78 is 10.6. The number of nitrogens with two attached hydrogens (primary N) is 2. The van der Waals surface area contributed by atoms with Gasteiger partial charge in [0, 0.05) is 39.1 Å². The Kier molecular flexibility index (Phi) is 9.58.